The fourth-order valence-electron chi connectivity index (χ4n) is 5.59. The van der Waals surface area contributed by atoms with Crippen molar-refractivity contribution in [3.63, 3.8) is 0 Å². The van der Waals surface area contributed by atoms with Crippen LogP contribution in [0.15, 0.2) is 51.9 Å². The second kappa shape index (κ2) is 11.1. The topological polar surface area (TPSA) is 172 Å². The van der Waals surface area contributed by atoms with Gasteiger partial charge in [0.25, 0.3) is 5.91 Å². The summed E-state index contributed by atoms with van der Waals surface area (Å²) in [5, 5.41) is 43.6. The quantitative estimate of drug-likeness (QED) is 0.198. The van der Waals surface area contributed by atoms with E-state index in [1.807, 2.05) is 0 Å². The fraction of sp³-hybridized carbons (Fsp3) is 0.333. The van der Waals surface area contributed by atoms with Crippen molar-refractivity contribution in [2.75, 3.05) is 13.2 Å². The first-order valence-electron chi connectivity index (χ1n) is 13.0. The van der Waals surface area contributed by atoms with Crippen molar-refractivity contribution in [3.8, 4) is 11.3 Å². The monoisotopic (exact) mass is 665 g/mol. The number of halogens is 4. The van der Waals surface area contributed by atoms with Gasteiger partial charge in [-0.25, -0.2) is 17.9 Å². The molecular formula is C27H23BrF3N5O7. The first kappa shape index (κ1) is 29.4. The molecule has 6 rings (SSSR count). The number of carbonyl (C=O) groups is 1. The SMILES string of the molecule is O=C(N[C@@H]1CCO[C@]12O[C@H](CO)[C@H](O)[C@H](n1cc(-c3cc(F)c(F)c(F)c3)nn1)[C@H]2O)c1cc(=O)[nH]c2ccc(Br)cc12. The summed E-state index contributed by atoms with van der Waals surface area (Å²) in [4.78, 5) is 28.5. The van der Waals surface area contributed by atoms with Crippen LogP contribution in [0.2, 0.25) is 0 Å². The number of fused-ring (bicyclic) bond motifs is 1. The van der Waals surface area contributed by atoms with Gasteiger partial charge >= 0.3 is 0 Å². The Morgan fingerprint density at radius 1 is 1.19 bits per heavy atom. The number of pyridine rings is 1. The summed E-state index contributed by atoms with van der Waals surface area (Å²) in [5.41, 5.74) is -0.326. The number of aromatic nitrogens is 4. The Hall–Kier alpha value is -3.67. The van der Waals surface area contributed by atoms with E-state index in [2.05, 4.69) is 36.5 Å². The second-order valence-corrected chi connectivity index (χ2v) is 11.1. The molecule has 2 aliphatic rings. The molecule has 43 heavy (non-hydrogen) atoms. The minimum absolute atomic E-state index is 0.00137. The molecule has 4 aromatic rings. The number of aliphatic hydroxyl groups excluding tert-OH is 3. The number of nitrogens with zero attached hydrogens (tertiary/aromatic N) is 3. The molecule has 1 amide bonds. The van der Waals surface area contributed by atoms with Crippen molar-refractivity contribution >= 4 is 32.7 Å². The molecule has 0 unspecified atom stereocenters. The molecule has 0 saturated carbocycles. The normalized spacial score (nSPS) is 27.2. The predicted octanol–water partition coefficient (Wildman–Crippen LogP) is 1.54. The lowest BCUT2D eigenvalue weighted by atomic mass is 9.86. The Balaban J connectivity index is 1.34. The highest BCUT2D eigenvalue weighted by atomic mass is 79.9. The van der Waals surface area contributed by atoms with Crippen molar-refractivity contribution in [3.05, 3.63) is 80.4 Å². The maximum Gasteiger partial charge on any atom is 0.252 e. The van der Waals surface area contributed by atoms with Crippen LogP contribution in [-0.2, 0) is 9.47 Å². The van der Waals surface area contributed by atoms with E-state index < -0.39 is 71.7 Å². The van der Waals surface area contributed by atoms with Crippen LogP contribution in [0.4, 0.5) is 13.2 Å². The summed E-state index contributed by atoms with van der Waals surface area (Å²) < 4.78 is 54.6. The Bertz CT molecular complexity index is 1760. The summed E-state index contributed by atoms with van der Waals surface area (Å²) >= 11 is 3.35. The molecule has 0 aliphatic carbocycles. The molecule has 5 N–H and O–H groups in total. The van der Waals surface area contributed by atoms with Crippen molar-refractivity contribution < 1.29 is 42.8 Å². The number of rotatable bonds is 5. The minimum atomic E-state index is -2.00. The van der Waals surface area contributed by atoms with E-state index in [0.29, 0.717) is 27.5 Å². The maximum atomic E-state index is 13.8. The Kier molecular flexibility index (Phi) is 7.60. The smallest absolute Gasteiger partial charge is 0.252 e. The van der Waals surface area contributed by atoms with Crippen LogP contribution < -0.4 is 10.9 Å². The van der Waals surface area contributed by atoms with Crippen LogP contribution in [0.1, 0.15) is 22.8 Å². The van der Waals surface area contributed by atoms with Crippen LogP contribution >= 0.6 is 15.9 Å². The van der Waals surface area contributed by atoms with E-state index in [-0.39, 0.29) is 29.8 Å². The fourth-order valence-corrected chi connectivity index (χ4v) is 5.95. The molecule has 16 heteroatoms. The van der Waals surface area contributed by atoms with Gasteiger partial charge in [-0.15, -0.1) is 5.10 Å². The molecule has 0 radical (unpaired) electrons. The van der Waals surface area contributed by atoms with Gasteiger partial charge in [0.1, 0.15) is 30.0 Å². The number of hydrogen-bond donors (Lipinski definition) is 5. The average Bonchev–Trinajstić information content (AvgIpc) is 3.61. The van der Waals surface area contributed by atoms with Gasteiger partial charge in [-0.3, -0.25) is 9.59 Å². The van der Waals surface area contributed by atoms with Gasteiger partial charge in [0.2, 0.25) is 11.3 Å². The van der Waals surface area contributed by atoms with Crippen molar-refractivity contribution in [1.82, 2.24) is 25.3 Å². The number of nitrogens with one attached hydrogen (secondary N) is 2. The van der Waals surface area contributed by atoms with E-state index in [0.717, 1.165) is 10.7 Å². The summed E-state index contributed by atoms with van der Waals surface area (Å²) in [6, 6.07) is 5.11. The highest BCUT2D eigenvalue weighted by Gasteiger charge is 2.62. The van der Waals surface area contributed by atoms with Gasteiger partial charge in [0, 0.05) is 27.0 Å². The third-order valence-corrected chi connectivity index (χ3v) is 8.15. The third-order valence-electron chi connectivity index (χ3n) is 7.65. The lowest BCUT2D eigenvalue weighted by molar-refractivity contribution is -0.344. The number of aromatic amines is 1. The van der Waals surface area contributed by atoms with Gasteiger partial charge in [0.05, 0.1) is 31.0 Å². The van der Waals surface area contributed by atoms with Crippen LogP contribution in [0.5, 0.6) is 0 Å². The average molecular weight is 666 g/mol. The highest BCUT2D eigenvalue weighted by molar-refractivity contribution is 9.10. The molecule has 0 bridgehead atoms. The number of benzene rings is 2. The van der Waals surface area contributed by atoms with Gasteiger partial charge in [-0.1, -0.05) is 21.1 Å². The summed E-state index contributed by atoms with van der Waals surface area (Å²) in [6.45, 7) is -0.722. The molecule has 2 aliphatic heterocycles. The summed E-state index contributed by atoms with van der Waals surface area (Å²) in [5.74, 6) is -7.23. The predicted molar refractivity (Wildman–Crippen MR) is 145 cm³/mol. The summed E-state index contributed by atoms with van der Waals surface area (Å²) in [6.07, 6.45) is -3.35. The molecular weight excluding hydrogens is 643 g/mol. The van der Waals surface area contributed by atoms with E-state index in [1.54, 1.807) is 18.2 Å². The molecule has 2 saturated heterocycles. The number of carbonyl (C=O) groups excluding carboxylic acids is 1. The molecule has 6 atom stereocenters. The zero-order valence-electron chi connectivity index (χ0n) is 21.9. The van der Waals surface area contributed by atoms with Crippen LogP contribution in [0, 0.1) is 17.5 Å². The lowest BCUT2D eigenvalue weighted by Crippen LogP contribution is -2.69. The van der Waals surface area contributed by atoms with Gasteiger partial charge < -0.3 is 35.1 Å². The molecule has 12 nitrogen and oxygen atoms in total. The molecule has 2 aromatic heterocycles. The van der Waals surface area contributed by atoms with E-state index in [9.17, 15) is 38.1 Å². The van der Waals surface area contributed by atoms with Crippen molar-refractivity contribution in [2.24, 2.45) is 0 Å². The first-order valence-corrected chi connectivity index (χ1v) is 13.8. The van der Waals surface area contributed by atoms with Gasteiger partial charge in [-0.05, 0) is 36.8 Å². The minimum Gasteiger partial charge on any atom is -0.394 e. The van der Waals surface area contributed by atoms with Crippen LogP contribution in [0.3, 0.4) is 0 Å². The number of H-pyrrole nitrogens is 1. The first-order chi connectivity index (χ1) is 20.5. The molecule has 2 aromatic carbocycles. The number of ether oxygens (including phenoxy) is 2. The lowest BCUT2D eigenvalue weighted by Gasteiger charge is -2.49. The van der Waals surface area contributed by atoms with Gasteiger partial charge in [-0.2, -0.15) is 0 Å². The zero-order chi connectivity index (χ0) is 30.6. The standard InChI is InChI=1S/C27H23BrF3N5O7/c28-12-1-2-17-13(7-12)14(8-21(38)32-17)26(41)33-20-3-4-42-27(20)25(40)23(24(39)19(10-37)43-27)36-9-18(34-35-36)11-5-15(29)22(31)16(30)6-11/h1-2,5-9,19-20,23-25,37,39-40H,3-4,10H2,(H,32,38)(H,33,41)/t19-,20-,23+,24+,25-,27+/m1/s1. The molecule has 1 spiro atoms. The Labute approximate surface area is 248 Å². The Morgan fingerprint density at radius 2 is 1.93 bits per heavy atom. The number of amides is 1. The molecule has 226 valence electrons. The second-order valence-electron chi connectivity index (χ2n) is 10.2. The maximum absolute atomic E-state index is 13.8. The van der Waals surface area contributed by atoms with Crippen LogP contribution in [0.25, 0.3) is 22.2 Å². The molecule has 2 fully saturated rings. The zero-order valence-corrected chi connectivity index (χ0v) is 23.5. The van der Waals surface area contributed by atoms with Crippen molar-refractivity contribution in [1.29, 1.82) is 0 Å². The van der Waals surface area contributed by atoms with Crippen LogP contribution in [-0.4, -0.2) is 84.6 Å². The Morgan fingerprint density at radius 3 is 2.65 bits per heavy atom. The summed E-state index contributed by atoms with van der Waals surface area (Å²) in [7, 11) is 0. The third kappa shape index (κ3) is 5.03. The number of aliphatic hydroxyl groups is 3. The molecule has 4 heterocycles. The largest absolute Gasteiger partial charge is 0.394 e. The van der Waals surface area contributed by atoms with Gasteiger partial charge in [0.15, 0.2) is 17.5 Å². The van der Waals surface area contributed by atoms with E-state index in [4.69, 9.17) is 9.47 Å². The van der Waals surface area contributed by atoms with Crippen molar-refractivity contribution in [2.45, 2.75) is 42.6 Å². The van der Waals surface area contributed by atoms with E-state index in [1.165, 1.54) is 6.20 Å². The number of hydrogen-bond acceptors (Lipinski definition) is 9. The highest BCUT2D eigenvalue weighted by Crippen LogP contribution is 2.43. The van der Waals surface area contributed by atoms with E-state index >= 15 is 0 Å².